The molecule has 0 radical (unpaired) electrons. The summed E-state index contributed by atoms with van der Waals surface area (Å²) in [6.07, 6.45) is 69.6. The Kier molecular flexibility index (Phi) is 50.0. The van der Waals surface area contributed by atoms with Crippen molar-refractivity contribution in [2.45, 2.75) is 245 Å². The number of hydrogen-bond donors (Lipinski definition) is 0. The number of rotatable bonds is 47. The predicted octanol–water partition coefficient (Wildman–Crippen LogP) is 17.8. The summed E-state index contributed by atoms with van der Waals surface area (Å²) in [5.41, 5.74) is 0. The number of unbranched alkanes of at least 4 members (excludes halogenated alkanes) is 26. The number of hydrogen-bond acceptors (Lipinski definition) is 6. The van der Waals surface area contributed by atoms with E-state index in [1.807, 2.05) is 36.5 Å². The van der Waals surface area contributed by atoms with Crippen molar-refractivity contribution < 1.29 is 28.6 Å². The number of ether oxygens (including phenoxy) is 3. The second kappa shape index (κ2) is 52.9. The van der Waals surface area contributed by atoms with Gasteiger partial charge in [-0.25, -0.2) is 0 Å². The highest BCUT2D eigenvalue weighted by Gasteiger charge is 2.19. The third kappa shape index (κ3) is 51.2. The smallest absolute Gasteiger partial charge is 0.306 e. The van der Waals surface area contributed by atoms with E-state index in [0.717, 1.165) is 96.3 Å². The Balaban J connectivity index is 4.47. The summed E-state index contributed by atoms with van der Waals surface area (Å²) >= 11 is 0. The molecular formula is C59H98O6. The molecule has 0 saturated heterocycles. The van der Waals surface area contributed by atoms with E-state index in [0.29, 0.717) is 19.3 Å². The van der Waals surface area contributed by atoms with Crippen molar-refractivity contribution in [3.05, 3.63) is 97.2 Å². The lowest BCUT2D eigenvalue weighted by molar-refractivity contribution is -0.167. The van der Waals surface area contributed by atoms with Crippen molar-refractivity contribution in [2.24, 2.45) is 0 Å². The fraction of sp³-hybridized carbons (Fsp3) is 0.678. The van der Waals surface area contributed by atoms with Crippen LogP contribution in [0.2, 0.25) is 0 Å². The first-order valence-electron chi connectivity index (χ1n) is 26.8. The van der Waals surface area contributed by atoms with Gasteiger partial charge in [-0.2, -0.15) is 0 Å². The molecule has 370 valence electrons. The Morgan fingerprint density at radius 2 is 0.600 bits per heavy atom. The minimum Gasteiger partial charge on any atom is -0.462 e. The van der Waals surface area contributed by atoms with Crippen molar-refractivity contribution in [3.8, 4) is 0 Å². The van der Waals surface area contributed by atoms with Gasteiger partial charge in [0, 0.05) is 19.3 Å². The quantitative estimate of drug-likeness (QED) is 0.0262. The van der Waals surface area contributed by atoms with E-state index in [1.165, 1.54) is 103 Å². The van der Waals surface area contributed by atoms with Gasteiger partial charge in [0.2, 0.25) is 0 Å². The summed E-state index contributed by atoms with van der Waals surface area (Å²) in [5, 5.41) is 0. The van der Waals surface area contributed by atoms with E-state index >= 15 is 0 Å². The van der Waals surface area contributed by atoms with E-state index in [4.69, 9.17) is 14.2 Å². The number of carbonyl (C=O) groups is 3. The summed E-state index contributed by atoms with van der Waals surface area (Å²) in [5.74, 6) is -0.961. The lowest BCUT2D eigenvalue weighted by Gasteiger charge is -2.18. The molecule has 0 aromatic rings. The van der Waals surface area contributed by atoms with Gasteiger partial charge >= 0.3 is 17.9 Å². The average molecular weight is 903 g/mol. The molecule has 1 atom stereocenters. The molecule has 0 spiro atoms. The van der Waals surface area contributed by atoms with Crippen molar-refractivity contribution in [1.82, 2.24) is 0 Å². The number of allylic oxidation sites excluding steroid dienone is 16. The lowest BCUT2D eigenvalue weighted by Crippen LogP contribution is -2.30. The normalized spacial score (nSPS) is 12.8. The van der Waals surface area contributed by atoms with Crippen molar-refractivity contribution >= 4 is 17.9 Å². The largest absolute Gasteiger partial charge is 0.462 e. The van der Waals surface area contributed by atoms with E-state index < -0.39 is 6.10 Å². The maximum atomic E-state index is 12.8. The molecule has 65 heavy (non-hydrogen) atoms. The van der Waals surface area contributed by atoms with Crippen LogP contribution in [0.25, 0.3) is 0 Å². The van der Waals surface area contributed by atoms with Gasteiger partial charge in [-0.05, 0) is 64.2 Å². The first-order valence-corrected chi connectivity index (χ1v) is 26.8. The standard InChI is InChI=1S/C59H98O6/c1-4-7-10-13-16-19-22-25-27-29-30-32-34-37-40-43-46-49-52-58(61)64-55-56(54-63-57(60)51-48-45-42-39-36-33-24-21-18-15-12-9-6-3)65-59(62)53-50-47-44-41-38-35-31-28-26-23-20-17-14-11-8-5-2/h9,12,15-16,18-19,21-22,24-25,27,29-30,32-33,36,56H,4-8,10-11,13-14,17,20,23,26,28,31,34-35,37-55H2,1-3H3/b12-9-,18-15-,19-16-,24-21-,25-22-,29-27-,32-30-,36-33-. The Hall–Kier alpha value is -3.67. The molecule has 0 aromatic heterocycles. The molecular weight excluding hydrogens is 805 g/mol. The minimum absolute atomic E-state index is 0.102. The van der Waals surface area contributed by atoms with Crippen LogP contribution in [-0.4, -0.2) is 37.2 Å². The zero-order chi connectivity index (χ0) is 47.2. The van der Waals surface area contributed by atoms with Crippen LogP contribution in [0.15, 0.2) is 97.2 Å². The SMILES string of the molecule is CC\C=C/C=C\C=C/C=C\CCCCCC(=O)OCC(COC(=O)CCCCCCC\C=C/C=C\C=C/C=C\CCCCC)OC(=O)CCCCCCCCCCCCCCCCCC. The topological polar surface area (TPSA) is 78.9 Å². The highest BCUT2D eigenvalue weighted by Crippen LogP contribution is 2.15. The summed E-state index contributed by atoms with van der Waals surface area (Å²) in [6.45, 7) is 6.41. The van der Waals surface area contributed by atoms with Crippen LogP contribution in [-0.2, 0) is 28.6 Å². The molecule has 1 unspecified atom stereocenters. The fourth-order valence-corrected chi connectivity index (χ4v) is 7.23. The molecule has 0 aromatic carbocycles. The van der Waals surface area contributed by atoms with Crippen LogP contribution in [0.3, 0.4) is 0 Å². The highest BCUT2D eigenvalue weighted by molar-refractivity contribution is 5.71. The molecule has 0 aliphatic carbocycles. The summed E-state index contributed by atoms with van der Waals surface area (Å²) in [4.78, 5) is 38.0. The van der Waals surface area contributed by atoms with Crippen LogP contribution in [0.5, 0.6) is 0 Å². The Morgan fingerprint density at radius 3 is 0.985 bits per heavy atom. The molecule has 6 heteroatoms. The van der Waals surface area contributed by atoms with Gasteiger partial charge in [0.05, 0.1) is 0 Å². The number of esters is 3. The van der Waals surface area contributed by atoms with Gasteiger partial charge in [0.15, 0.2) is 6.10 Å². The van der Waals surface area contributed by atoms with Crippen LogP contribution in [0, 0.1) is 0 Å². The Labute approximate surface area is 400 Å². The molecule has 0 bridgehead atoms. The zero-order valence-electron chi connectivity index (χ0n) is 42.2. The fourth-order valence-electron chi connectivity index (χ4n) is 7.23. The van der Waals surface area contributed by atoms with Crippen molar-refractivity contribution in [1.29, 1.82) is 0 Å². The molecule has 0 rings (SSSR count). The van der Waals surface area contributed by atoms with E-state index in [2.05, 4.69) is 81.5 Å². The first kappa shape index (κ1) is 61.3. The first-order chi connectivity index (χ1) is 32.0. The number of carbonyl (C=O) groups excluding carboxylic acids is 3. The molecule has 0 N–H and O–H groups in total. The van der Waals surface area contributed by atoms with Crippen LogP contribution >= 0.6 is 0 Å². The maximum absolute atomic E-state index is 12.8. The van der Waals surface area contributed by atoms with Crippen LogP contribution in [0.1, 0.15) is 239 Å². The Bertz CT molecular complexity index is 1310. The van der Waals surface area contributed by atoms with Gasteiger partial charge in [0.1, 0.15) is 13.2 Å². The second-order valence-electron chi connectivity index (χ2n) is 17.6. The van der Waals surface area contributed by atoms with E-state index in [-0.39, 0.29) is 31.1 Å². The molecule has 0 aliphatic rings. The third-order valence-electron chi connectivity index (χ3n) is 11.3. The summed E-state index contributed by atoms with van der Waals surface area (Å²) < 4.78 is 16.8. The monoisotopic (exact) mass is 903 g/mol. The maximum Gasteiger partial charge on any atom is 0.306 e. The molecule has 0 amide bonds. The van der Waals surface area contributed by atoms with Crippen molar-refractivity contribution in [3.63, 3.8) is 0 Å². The van der Waals surface area contributed by atoms with Gasteiger partial charge in [-0.3, -0.25) is 14.4 Å². The summed E-state index contributed by atoms with van der Waals surface area (Å²) in [6, 6.07) is 0. The second-order valence-corrected chi connectivity index (χ2v) is 17.6. The molecule has 0 saturated carbocycles. The van der Waals surface area contributed by atoms with Gasteiger partial charge in [0.25, 0.3) is 0 Å². The van der Waals surface area contributed by atoms with E-state index in [1.54, 1.807) is 0 Å². The molecule has 0 heterocycles. The average Bonchev–Trinajstić information content (AvgIpc) is 3.30. The minimum atomic E-state index is -0.803. The Morgan fingerprint density at radius 1 is 0.323 bits per heavy atom. The van der Waals surface area contributed by atoms with Crippen molar-refractivity contribution in [2.75, 3.05) is 13.2 Å². The van der Waals surface area contributed by atoms with E-state index in [9.17, 15) is 14.4 Å². The van der Waals surface area contributed by atoms with Gasteiger partial charge in [-0.15, -0.1) is 0 Å². The highest BCUT2D eigenvalue weighted by atomic mass is 16.6. The molecule has 6 nitrogen and oxygen atoms in total. The zero-order valence-corrected chi connectivity index (χ0v) is 42.2. The van der Waals surface area contributed by atoms with Crippen LogP contribution < -0.4 is 0 Å². The third-order valence-corrected chi connectivity index (χ3v) is 11.3. The lowest BCUT2D eigenvalue weighted by atomic mass is 10.0. The summed E-state index contributed by atoms with van der Waals surface area (Å²) in [7, 11) is 0. The molecule has 0 aliphatic heterocycles. The van der Waals surface area contributed by atoms with Gasteiger partial charge < -0.3 is 14.2 Å². The predicted molar refractivity (Wildman–Crippen MR) is 279 cm³/mol. The van der Waals surface area contributed by atoms with Crippen LogP contribution in [0.4, 0.5) is 0 Å². The molecule has 0 fully saturated rings. The van der Waals surface area contributed by atoms with Gasteiger partial charge in [-0.1, -0.05) is 253 Å².